The van der Waals surface area contributed by atoms with E-state index in [2.05, 4.69) is 0 Å². The molecule has 10 atom stereocenters. The summed E-state index contributed by atoms with van der Waals surface area (Å²) < 4.78 is 5.21. The van der Waals surface area contributed by atoms with E-state index in [-0.39, 0.29) is 24.3 Å². The molecule has 1 saturated carbocycles. The molecule has 1 fully saturated rings. The molecule has 0 aromatic rings. The van der Waals surface area contributed by atoms with Gasteiger partial charge in [0.25, 0.3) is 0 Å². The highest BCUT2D eigenvalue weighted by Crippen LogP contribution is 2.27. The Labute approximate surface area is 269 Å². The average molecular weight is 662 g/mol. The highest BCUT2D eigenvalue weighted by Gasteiger charge is 2.35. The predicted octanol–water partition coefficient (Wildman–Crippen LogP) is 3.29. The van der Waals surface area contributed by atoms with Crippen LogP contribution in [0.15, 0.2) is 71.4 Å². The van der Waals surface area contributed by atoms with Gasteiger partial charge in [-0.25, -0.2) is 4.79 Å². The first kappa shape index (κ1) is 39.7. The number of hydrogen-bond acceptors (Lipinski definition) is 9. The average Bonchev–Trinajstić information content (AvgIpc) is 2.99. The minimum Gasteiger partial charge on any atom is -0.481 e. The van der Waals surface area contributed by atoms with E-state index in [9.17, 15) is 40.2 Å². The van der Waals surface area contributed by atoms with Crippen molar-refractivity contribution in [3.63, 3.8) is 0 Å². The van der Waals surface area contributed by atoms with Gasteiger partial charge in [-0.1, -0.05) is 79.6 Å². The van der Waals surface area contributed by atoms with Crippen molar-refractivity contribution >= 4 is 35.1 Å². The highest BCUT2D eigenvalue weighted by molar-refractivity contribution is 6.30. The number of allylic oxidation sites excluding steroid dienone is 9. The van der Waals surface area contributed by atoms with E-state index in [0.717, 1.165) is 5.57 Å². The van der Waals surface area contributed by atoms with Crippen LogP contribution >= 0.6 is 23.2 Å². The summed E-state index contributed by atoms with van der Waals surface area (Å²) in [7, 11) is 0. The zero-order chi connectivity index (χ0) is 33.4. The molecule has 0 spiro atoms. The largest absolute Gasteiger partial charge is 0.481 e. The smallest absolute Gasteiger partial charge is 0.331 e. The zero-order valence-electron chi connectivity index (χ0n) is 25.2. The van der Waals surface area contributed by atoms with Crippen LogP contribution in [0.25, 0.3) is 0 Å². The molecule has 44 heavy (non-hydrogen) atoms. The van der Waals surface area contributed by atoms with Crippen LogP contribution in [0, 0.1) is 11.8 Å². The number of rotatable bonds is 17. The molecule has 0 saturated heterocycles. The maximum Gasteiger partial charge on any atom is 0.331 e. The Hall–Kier alpha value is -2.28. The van der Waals surface area contributed by atoms with Crippen LogP contribution < -0.4 is 0 Å². The Balaban J connectivity index is 2.60. The van der Waals surface area contributed by atoms with Gasteiger partial charge in [-0.2, -0.15) is 0 Å². The number of aliphatic hydroxyl groups excluding tert-OH is 6. The number of aliphatic carboxylic acids is 1. The summed E-state index contributed by atoms with van der Waals surface area (Å²) in [5.41, 5.74) is 0.814. The molecule has 0 heterocycles. The number of carbonyl (C=O) groups excluding carboxylic acids is 1. The summed E-state index contributed by atoms with van der Waals surface area (Å²) in [5.74, 6) is -3.06. The first-order chi connectivity index (χ1) is 20.7. The lowest BCUT2D eigenvalue weighted by atomic mass is 9.85. The van der Waals surface area contributed by atoms with E-state index in [1.807, 2.05) is 13.8 Å². The molecule has 7 unspecified atom stereocenters. The third kappa shape index (κ3) is 14.2. The summed E-state index contributed by atoms with van der Waals surface area (Å²) in [6, 6.07) is 0. The molecule has 7 N–H and O–H groups in total. The standard InChI is InChI=1S/C32H46Cl2O10/c1-4-5-13-24(36)29(34)25(37)18-26(38)31(41)30(40)20(3)22(33)12-8-6-10-19(2)11-7-9-14-28(39)44-27-17-21(32(42)43)15-16-23(27)35/h5-14,20-21,23-27,29-31,35-38,40-41H,4,15-18H2,1-3H3,(H,42,43)/b8-6+,11-7+,13-5+,14-9+,19-10+,22-12-/t20?,21-,23-,24?,25?,26?,27+,29?,30?,31?/m0/s1. The summed E-state index contributed by atoms with van der Waals surface area (Å²) >= 11 is 12.3. The SMILES string of the molecule is CC/C=C/C(O)C(Cl)C(O)CC(O)C(O)C(O)C(C)/C(Cl)=C/C=C/C=C(C)/C=C/C=C/C(=O)O[C@@H]1C[C@@H](C(=O)O)CC[C@@H]1O. The van der Waals surface area contributed by atoms with Gasteiger partial charge >= 0.3 is 11.9 Å². The molecule has 0 bridgehead atoms. The van der Waals surface area contributed by atoms with E-state index < -0.39 is 71.9 Å². The Bertz CT molecular complexity index is 1080. The molecule has 0 aromatic heterocycles. The molecule has 0 radical (unpaired) electrons. The number of halogens is 2. The van der Waals surface area contributed by atoms with E-state index >= 15 is 0 Å². The molecule has 248 valence electrons. The van der Waals surface area contributed by atoms with Gasteiger partial charge < -0.3 is 40.5 Å². The predicted molar refractivity (Wildman–Crippen MR) is 169 cm³/mol. The fourth-order valence-electron chi connectivity index (χ4n) is 4.37. The van der Waals surface area contributed by atoms with Gasteiger partial charge in [-0.3, -0.25) is 4.79 Å². The first-order valence-electron chi connectivity index (χ1n) is 14.6. The van der Waals surface area contributed by atoms with Crippen molar-refractivity contribution < 1.29 is 50.1 Å². The lowest BCUT2D eigenvalue weighted by Crippen LogP contribution is -2.44. The van der Waals surface area contributed by atoms with Gasteiger partial charge in [-0.15, -0.1) is 11.6 Å². The number of ether oxygens (including phenoxy) is 1. The second-order valence-corrected chi connectivity index (χ2v) is 11.8. The van der Waals surface area contributed by atoms with Crippen LogP contribution in [0.3, 0.4) is 0 Å². The maximum atomic E-state index is 12.0. The van der Waals surface area contributed by atoms with Gasteiger partial charge in [0.1, 0.15) is 12.2 Å². The molecule has 10 nitrogen and oxygen atoms in total. The second kappa shape index (κ2) is 20.7. The minimum atomic E-state index is -1.63. The quantitative estimate of drug-likeness (QED) is 0.0401. The third-order valence-electron chi connectivity index (χ3n) is 7.24. The number of carbonyl (C=O) groups is 2. The summed E-state index contributed by atoms with van der Waals surface area (Å²) in [4.78, 5) is 23.2. The van der Waals surface area contributed by atoms with Crippen molar-refractivity contribution in [2.45, 2.75) is 101 Å². The Morgan fingerprint density at radius 2 is 1.59 bits per heavy atom. The molecule has 1 rings (SSSR count). The molecule has 0 amide bonds. The van der Waals surface area contributed by atoms with E-state index in [4.69, 9.17) is 33.0 Å². The van der Waals surface area contributed by atoms with Gasteiger partial charge in [0, 0.05) is 29.9 Å². The van der Waals surface area contributed by atoms with Crippen LogP contribution in [-0.2, 0) is 14.3 Å². The molecule has 12 heteroatoms. The molecule has 1 aliphatic rings. The minimum absolute atomic E-state index is 0.0705. The fourth-order valence-corrected chi connectivity index (χ4v) is 4.76. The van der Waals surface area contributed by atoms with Crippen molar-refractivity contribution in [2.24, 2.45) is 11.8 Å². The lowest BCUT2D eigenvalue weighted by Gasteiger charge is -2.30. The van der Waals surface area contributed by atoms with Crippen LogP contribution in [0.1, 0.15) is 52.9 Å². The topological polar surface area (TPSA) is 185 Å². The van der Waals surface area contributed by atoms with Gasteiger partial charge in [0.15, 0.2) is 0 Å². The van der Waals surface area contributed by atoms with Crippen LogP contribution in [0.2, 0.25) is 0 Å². The second-order valence-electron chi connectivity index (χ2n) is 10.9. The summed E-state index contributed by atoms with van der Waals surface area (Å²) in [5, 5.41) is 69.7. The van der Waals surface area contributed by atoms with Crippen LogP contribution in [0.5, 0.6) is 0 Å². The summed E-state index contributed by atoms with van der Waals surface area (Å²) in [6.07, 6.45) is 7.79. The van der Waals surface area contributed by atoms with E-state index in [1.54, 1.807) is 43.4 Å². The highest BCUT2D eigenvalue weighted by atomic mass is 35.5. The molecule has 0 aliphatic heterocycles. The number of carboxylic acids is 1. The van der Waals surface area contributed by atoms with Crippen LogP contribution in [0.4, 0.5) is 0 Å². The number of alkyl halides is 1. The molecular weight excluding hydrogens is 615 g/mol. The summed E-state index contributed by atoms with van der Waals surface area (Å²) in [6.45, 7) is 5.24. The van der Waals surface area contributed by atoms with Crippen molar-refractivity contribution in [2.75, 3.05) is 0 Å². The molecule has 1 aliphatic carbocycles. The normalized spacial score (nSPS) is 25.3. The fraction of sp³-hybridized carbons (Fsp3) is 0.562. The maximum absolute atomic E-state index is 12.0. The van der Waals surface area contributed by atoms with Gasteiger partial charge in [0.2, 0.25) is 0 Å². The lowest BCUT2D eigenvalue weighted by molar-refractivity contribution is -0.159. The van der Waals surface area contributed by atoms with E-state index in [1.165, 1.54) is 24.3 Å². The number of esters is 1. The first-order valence-corrected chi connectivity index (χ1v) is 15.4. The third-order valence-corrected chi connectivity index (χ3v) is 8.26. The Kier molecular flexibility index (Phi) is 18.7. The monoisotopic (exact) mass is 660 g/mol. The molecular formula is C32H46Cl2O10. The van der Waals surface area contributed by atoms with Crippen LogP contribution in [-0.4, -0.2) is 95.8 Å². The van der Waals surface area contributed by atoms with Gasteiger partial charge in [0.05, 0.1) is 41.8 Å². The molecule has 0 aromatic carbocycles. The number of carboxylic acid groups (broad SMARTS) is 1. The van der Waals surface area contributed by atoms with E-state index in [0.29, 0.717) is 12.8 Å². The Morgan fingerprint density at radius 1 is 0.955 bits per heavy atom. The van der Waals surface area contributed by atoms with Crippen molar-refractivity contribution in [1.82, 2.24) is 0 Å². The zero-order valence-corrected chi connectivity index (χ0v) is 26.7. The number of hydrogen-bond donors (Lipinski definition) is 7. The van der Waals surface area contributed by atoms with Crippen molar-refractivity contribution in [3.8, 4) is 0 Å². The number of aliphatic hydroxyl groups is 6. The van der Waals surface area contributed by atoms with Crippen molar-refractivity contribution in [1.29, 1.82) is 0 Å². The van der Waals surface area contributed by atoms with Gasteiger partial charge in [-0.05, 0) is 32.3 Å². The van der Waals surface area contributed by atoms with Crippen molar-refractivity contribution in [3.05, 3.63) is 71.4 Å². The Morgan fingerprint density at radius 3 is 2.23 bits per heavy atom.